The Labute approximate surface area is 141 Å². The molecule has 2 rings (SSSR count). The van der Waals surface area contributed by atoms with Crippen molar-refractivity contribution in [2.24, 2.45) is 0 Å². The van der Waals surface area contributed by atoms with Crippen LogP contribution in [-0.4, -0.2) is 57.6 Å². The van der Waals surface area contributed by atoms with Gasteiger partial charge in [-0.05, 0) is 32.8 Å². The Kier molecular flexibility index (Phi) is 5.33. The average molecular weight is 336 g/mol. The minimum absolute atomic E-state index is 0.0483. The third kappa shape index (κ3) is 4.61. The van der Waals surface area contributed by atoms with Crippen LogP contribution >= 0.6 is 0 Å². The molecule has 1 heterocycles. The largest absolute Gasteiger partial charge is 0.465 e. The minimum Gasteiger partial charge on any atom is -0.465 e. The van der Waals surface area contributed by atoms with Crippen molar-refractivity contribution >= 4 is 12.2 Å². The van der Waals surface area contributed by atoms with Crippen molar-refractivity contribution in [1.82, 2.24) is 10.2 Å². The van der Waals surface area contributed by atoms with E-state index in [-0.39, 0.29) is 6.54 Å². The van der Waals surface area contributed by atoms with Crippen molar-refractivity contribution in [3.8, 4) is 0 Å². The van der Waals surface area contributed by atoms with E-state index in [4.69, 9.17) is 4.74 Å². The molecule has 1 aromatic rings. The first kappa shape index (κ1) is 18.1. The molecule has 0 bridgehead atoms. The van der Waals surface area contributed by atoms with E-state index < -0.39 is 36.0 Å². The molecule has 2 amide bonds. The lowest BCUT2D eigenvalue weighted by Gasteiger charge is -2.28. The van der Waals surface area contributed by atoms with Crippen molar-refractivity contribution in [3.63, 3.8) is 0 Å². The summed E-state index contributed by atoms with van der Waals surface area (Å²) < 4.78 is 5.22. The number of hydrogen-bond acceptors (Lipinski definition) is 4. The fourth-order valence-corrected chi connectivity index (χ4v) is 2.85. The van der Waals surface area contributed by atoms with Crippen LogP contribution in [0.3, 0.4) is 0 Å². The lowest BCUT2D eigenvalue weighted by Crippen LogP contribution is -2.51. The van der Waals surface area contributed by atoms with Gasteiger partial charge in [0.25, 0.3) is 0 Å². The maximum atomic E-state index is 12.0. The first-order valence-corrected chi connectivity index (χ1v) is 7.88. The van der Waals surface area contributed by atoms with Crippen LogP contribution in [0.2, 0.25) is 0 Å². The molecule has 1 aliphatic rings. The summed E-state index contributed by atoms with van der Waals surface area (Å²) in [6.45, 7) is 5.17. The summed E-state index contributed by atoms with van der Waals surface area (Å²) in [6, 6.07) is 8.08. The third-order valence-electron chi connectivity index (χ3n) is 3.83. The van der Waals surface area contributed by atoms with Gasteiger partial charge in [-0.25, -0.2) is 9.59 Å². The number of aliphatic hydroxyl groups is 1. The van der Waals surface area contributed by atoms with E-state index in [1.807, 2.05) is 30.3 Å². The first-order chi connectivity index (χ1) is 11.2. The third-order valence-corrected chi connectivity index (χ3v) is 3.83. The molecule has 0 saturated carbocycles. The summed E-state index contributed by atoms with van der Waals surface area (Å²) >= 11 is 0. The van der Waals surface area contributed by atoms with Gasteiger partial charge in [0.2, 0.25) is 0 Å². The predicted molar refractivity (Wildman–Crippen MR) is 87.8 cm³/mol. The number of hydrogen-bond donors (Lipinski definition) is 3. The van der Waals surface area contributed by atoms with E-state index in [1.165, 1.54) is 4.90 Å². The lowest BCUT2D eigenvalue weighted by atomic mass is 9.99. The summed E-state index contributed by atoms with van der Waals surface area (Å²) in [5.74, 6) is 0. The van der Waals surface area contributed by atoms with Gasteiger partial charge >= 0.3 is 12.2 Å². The predicted octanol–water partition coefficient (Wildman–Crippen LogP) is 1.85. The molecule has 3 N–H and O–H groups in total. The Morgan fingerprint density at radius 3 is 2.46 bits per heavy atom. The molecule has 1 saturated heterocycles. The quantitative estimate of drug-likeness (QED) is 0.782. The number of nitrogens with zero attached hydrogens (tertiary/aromatic N) is 1. The molecule has 7 heteroatoms. The number of ether oxygens (including phenoxy) is 1. The SMILES string of the molecule is CC(C)(C)OC(=O)N[C@@H]1C(Cc2ccccc2)N(C(=O)O)C[C@H]1O. The maximum absolute atomic E-state index is 12.0. The Hall–Kier alpha value is -2.28. The van der Waals surface area contributed by atoms with Gasteiger partial charge in [0.1, 0.15) is 5.60 Å². The van der Waals surface area contributed by atoms with Crippen LogP contribution in [0.25, 0.3) is 0 Å². The van der Waals surface area contributed by atoms with Gasteiger partial charge in [-0.1, -0.05) is 30.3 Å². The molecule has 0 aliphatic carbocycles. The summed E-state index contributed by atoms with van der Waals surface area (Å²) in [4.78, 5) is 24.7. The van der Waals surface area contributed by atoms with Crippen LogP contribution < -0.4 is 5.32 Å². The lowest BCUT2D eigenvalue weighted by molar-refractivity contribution is 0.0443. The highest BCUT2D eigenvalue weighted by molar-refractivity contribution is 5.70. The van der Waals surface area contributed by atoms with Crippen LogP contribution in [0.4, 0.5) is 9.59 Å². The fourth-order valence-electron chi connectivity index (χ4n) is 2.85. The van der Waals surface area contributed by atoms with Gasteiger partial charge in [-0.2, -0.15) is 0 Å². The molecular formula is C17H24N2O5. The van der Waals surface area contributed by atoms with Crippen LogP contribution in [0.15, 0.2) is 30.3 Å². The van der Waals surface area contributed by atoms with Crippen molar-refractivity contribution in [2.75, 3.05) is 6.54 Å². The van der Waals surface area contributed by atoms with E-state index in [0.29, 0.717) is 6.42 Å². The van der Waals surface area contributed by atoms with Crippen molar-refractivity contribution in [1.29, 1.82) is 0 Å². The Morgan fingerprint density at radius 2 is 1.92 bits per heavy atom. The maximum Gasteiger partial charge on any atom is 0.408 e. The zero-order chi connectivity index (χ0) is 17.9. The van der Waals surface area contributed by atoms with E-state index in [0.717, 1.165) is 5.56 Å². The van der Waals surface area contributed by atoms with Gasteiger partial charge < -0.3 is 25.2 Å². The van der Waals surface area contributed by atoms with Crippen LogP contribution in [0, 0.1) is 0 Å². The number of rotatable bonds is 3. The Morgan fingerprint density at radius 1 is 1.29 bits per heavy atom. The molecule has 7 nitrogen and oxygen atoms in total. The number of benzene rings is 1. The normalized spacial score (nSPS) is 23.8. The molecule has 1 aliphatic heterocycles. The number of carbonyl (C=O) groups excluding carboxylic acids is 1. The number of amides is 2. The zero-order valence-electron chi connectivity index (χ0n) is 14.1. The highest BCUT2D eigenvalue weighted by atomic mass is 16.6. The summed E-state index contributed by atoms with van der Waals surface area (Å²) in [7, 11) is 0. The summed E-state index contributed by atoms with van der Waals surface area (Å²) in [5.41, 5.74) is 0.258. The number of aliphatic hydroxyl groups excluding tert-OH is 1. The standard InChI is InChI=1S/C17H24N2O5/c1-17(2,3)24-15(21)18-14-12(9-11-7-5-4-6-8-11)19(16(22)23)10-13(14)20/h4-8,12-14,20H,9-10H2,1-3H3,(H,18,21)(H,22,23)/t12?,13-,14-/m1/s1. The Balaban J connectivity index is 2.16. The highest BCUT2D eigenvalue weighted by Crippen LogP contribution is 2.23. The van der Waals surface area contributed by atoms with E-state index >= 15 is 0 Å². The highest BCUT2D eigenvalue weighted by Gasteiger charge is 2.44. The number of carbonyl (C=O) groups is 2. The monoisotopic (exact) mass is 336 g/mol. The van der Waals surface area contributed by atoms with Crippen LogP contribution in [0.1, 0.15) is 26.3 Å². The zero-order valence-corrected chi connectivity index (χ0v) is 14.1. The number of carboxylic acid groups (broad SMARTS) is 1. The molecule has 0 radical (unpaired) electrons. The molecule has 0 aromatic heterocycles. The fraction of sp³-hybridized carbons (Fsp3) is 0.529. The number of nitrogens with one attached hydrogen (secondary N) is 1. The van der Waals surface area contributed by atoms with Crippen LogP contribution in [0.5, 0.6) is 0 Å². The number of β-amino-alcohol motifs (C(OH)–C–C–N with tert-alkyl or cyclic N) is 1. The van der Waals surface area contributed by atoms with Crippen molar-refractivity contribution in [3.05, 3.63) is 35.9 Å². The second kappa shape index (κ2) is 7.09. The second-order valence-corrected chi connectivity index (χ2v) is 6.93. The minimum atomic E-state index is -1.12. The topological polar surface area (TPSA) is 99.1 Å². The molecule has 0 spiro atoms. The van der Waals surface area contributed by atoms with E-state index in [2.05, 4.69) is 5.32 Å². The molecule has 24 heavy (non-hydrogen) atoms. The van der Waals surface area contributed by atoms with E-state index in [1.54, 1.807) is 20.8 Å². The van der Waals surface area contributed by atoms with Crippen LogP contribution in [-0.2, 0) is 11.2 Å². The van der Waals surface area contributed by atoms with Gasteiger partial charge in [-0.3, -0.25) is 0 Å². The Bertz CT molecular complexity index is 584. The van der Waals surface area contributed by atoms with Crippen molar-refractivity contribution in [2.45, 2.75) is 51.0 Å². The smallest absolute Gasteiger partial charge is 0.408 e. The number of likely N-dealkylation sites (tertiary alicyclic amines) is 1. The summed E-state index contributed by atoms with van der Waals surface area (Å²) in [5, 5.41) is 22.2. The first-order valence-electron chi connectivity index (χ1n) is 7.88. The molecule has 3 atom stereocenters. The average Bonchev–Trinajstić information content (AvgIpc) is 2.75. The van der Waals surface area contributed by atoms with Gasteiger partial charge in [-0.15, -0.1) is 0 Å². The van der Waals surface area contributed by atoms with E-state index in [9.17, 15) is 19.8 Å². The molecule has 1 unspecified atom stereocenters. The van der Waals surface area contributed by atoms with Gasteiger partial charge in [0, 0.05) is 0 Å². The molecular weight excluding hydrogens is 312 g/mol. The summed E-state index contributed by atoms with van der Waals surface area (Å²) in [6.07, 6.45) is -2.38. The van der Waals surface area contributed by atoms with Crippen molar-refractivity contribution < 1.29 is 24.5 Å². The molecule has 1 fully saturated rings. The van der Waals surface area contributed by atoms with Gasteiger partial charge in [0.05, 0.1) is 24.7 Å². The second-order valence-electron chi connectivity index (χ2n) is 6.93. The number of alkyl carbamates (subject to hydrolysis) is 1. The molecule has 1 aromatic carbocycles. The molecule has 132 valence electrons. The van der Waals surface area contributed by atoms with Gasteiger partial charge in [0.15, 0.2) is 0 Å².